The van der Waals surface area contributed by atoms with E-state index in [0.717, 1.165) is 17.0 Å². The molecule has 0 aliphatic rings. The molecular weight excluding hydrogens is 276 g/mol. The maximum Gasteiger partial charge on any atom is 0.343 e. The molecule has 20 heavy (non-hydrogen) atoms. The fourth-order valence-corrected chi connectivity index (χ4v) is 2.66. The van der Waals surface area contributed by atoms with E-state index in [-0.39, 0.29) is 5.69 Å². The molecule has 0 aliphatic heterocycles. The Kier molecular flexibility index (Phi) is 4.43. The third-order valence-corrected chi connectivity index (χ3v) is 3.94. The van der Waals surface area contributed by atoms with Gasteiger partial charge in [-0.05, 0) is 25.1 Å². The second-order valence-electron chi connectivity index (χ2n) is 4.37. The molecule has 0 fully saturated rings. The fourth-order valence-electron chi connectivity index (χ4n) is 1.70. The predicted octanol–water partition coefficient (Wildman–Crippen LogP) is 1.38. The highest BCUT2D eigenvalue weighted by Gasteiger charge is 2.14. The number of H-pyrrole nitrogens is 1. The van der Waals surface area contributed by atoms with Crippen molar-refractivity contribution in [1.82, 2.24) is 24.7 Å². The minimum absolute atomic E-state index is 0.204. The molecule has 2 aromatic rings. The van der Waals surface area contributed by atoms with Gasteiger partial charge >= 0.3 is 5.69 Å². The Morgan fingerprint density at radius 3 is 2.75 bits per heavy atom. The van der Waals surface area contributed by atoms with Crippen molar-refractivity contribution in [3.8, 4) is 0 Å². The van der Waals surface area contributed by atoms with Gasteiger partial charge in [-0.15, -0.1) is 5.10 Å². The van der Waals surface area contributed by atoms with E-state index in [9.17, 15) is 4.79 Å². The van der Waals surface area contributed by atoms with Crippen LogP contribution < -0.4 is 11.4 Å². The van der Waals surface area contributed by atoms with Crippen LogP contribution in [0.5, 0.6) is 0 Å². The number of nitrogen functional groups attached to an aromatic ring is 1. The molecule has 3 N–H and O–H groups in total. The van der Waals surface area contributed by atoms with E-state index >= 15 is 0 Å². The largest absolute Gasteiger partial charge is 0.383 e. The molecule has 0 spiro atoms. The SMILES string of the molecule is CCCn1c(Sc2nc(CC)nc(N)c2C)n[nH]c1=O. The van der Waals surface area contributed by atoms with Gasteiger partial charge in [0.2, 0.25) is 0 Å². The third-order valence-electron chi connectivity index (χ3n) is 2.86. The summed E-state index contributed by atoms with van der Waals surface area (Å²) in [5.74, 6) is 1.16. The molecule has 2 rings (SSSR count). The van der Waals surface area contributed by atoms with Gasteiger partial charge in [0.1, 0.15) is 16.7 Å². The normalized spacial score (nSPS) is 10.9. The van der Waals surface area contributed by atoms with Gasteiger partial charge in [-0.3, -0.25) is 4.57 Å². The van der Waals surface area contributed by atoms with Crippen LogP contribution in [0.2, 0.25) is 0 Å². The van der Waals surface area contributed by atoms with Crippen LogP contribution in [0.25, 0.3) is 0 Å². The van der Waals surface area contributed by atoms with Gasteiger partial charge in [0.05, 0.1) is 0 Å². The van der Waals surface area contributed by atoms with Gasteiger partial charge < -0.3 is 5.73 Å². The highest BCUT2D eigenvalue weighted by molar-refractivity contribution is 7.99. The zero-order valence-electron chi connectivity index (χ0n) is 11.8. The smallest absolute Gasteiger partial charge is 0.343 e. The van der Waals surface area contributed by atoms with Crippen molar-refractivity contribution in [3.05, 3.63) is 21.9 Å². The first kappa shape index (κ1) is 14.6. The van der Waals surface area contributed by atoms with Crippen LogP contribution in [0.3, 0.4) is 0 Å². The number of aryl methyl sites for hydroxylation is 1. The number of hydrogen-bond donors (Lipinski definition) is 2. The van der Waals surface area contributed by atoms with Crippen LogP contribution >= 0.6 is 11.8 Å². The Hall–Kier alpha value is -1.83. The zero-order valence-corrected chi connectivity index (χ0v) is 12.6. The monoisotopic (exact) mass is 294 g/mol. The molecule has 0 amide bonds. The summed E-state index contributed by atoms with van der Waals surface area (Å²) < 4.78 is 1.61. The van der Waals surface area contributed by atoms with Crippen LogP contribution in [0.4, 0.5) is 5.82 Å². The summed E-state index contributed by atoms with van der Waals surface area (Å²) in [6.45, 7) is 6.47. The second-order valence-corrected chi connectivity index (χ2v) is 5.33. The van der Waals surface area contributed by atoms with Gasteiger partial charge in [-0.2, -0.15) is 0 Å². The molecule has 0 unspecified atom stereocenters. The van der Waals surface area contributed by atoms with Crippen molar-refractivity contribution >= 4 is 17.6 Å². The summed E-state index contributed by atoms with van der Waals surface area (Å²) in [6, 6.07) is 0. The van der Waals surface area contributed by atoms with Gasteiger partial charge in [0, 0.05) is 18.5 Å². The first-order valence-corrected chi connectivity index (χ1v) is 7.34. The molecule has 0 radical (unpaired) electrons. The van der Waals surface area contributed by atoms with Crippen molar-refractivity contribution in [2.24, 2.45) is 0 Å². The minimum atomic E-state index is -0.204. The Labute approximate surface area is 121 Å². The first-order valence-electron chi connectivity index (χ1n) is 6.52. The number of nitrogens with one attached hydrogen (secondary N) is 1. The van der Waals surface area contributed by atoms with Crippen LogP contribution in [-0.4, -0.2) is 24.7 Å². The molecular formula is C12H18N6OS. The first-order chi connectivity index (χ1) is 9.56. The van der Waals surface area contributed by atoms with Gasteiger partial charge in [-0.25, -0.2) is 19.9 Å². The third kappa shape index (κ3) is 2.84. The van der Waals surface area contributed by atoms with Crippen LogP contribution in [0, 0.1) is 6.92 Å². The number of nitrogens with zero attached hydrogens (tertiary/aromatic N) is 4. The van der Waals surface area contributed by atoms with Crippen LogP contribution in [0.15, 0.2) is 15.0 Å². The molecule has 0 atom stereocenters. The standard InChI is InChI=1S/C12H18N6OS/c1-4-6-18-11(19)16-17-12(18)20-10-7(3)9(13)14-8(5-2)15-10/h4-6H2,1-3H3,(H,16,19)(H2,13,14,15). The minimum Gasteiger partial charge on any atom is -0.383 e. The van der Waals surface area contributed by atoms with E-state index < -0.39 is 0 Å². The lowest BCUT2D eigenvalue weighted by Gasteiger charge is -2.08. The Bertz CT molecular complexity index is 662. The molecule has 0 aromatic carbocycles. The number of hydrogen-bond acceptors (Lipinski definition) is 6. The lowest BCUT2D eigenvalue weighted by atomic mass is 10.3. The van der Waals surface area contributed by atoms with Crippen molar-refractivity contribution in [2.45, 2.75) is 50.3 Å². The Morgan fingerprint density at radius 1 is 1.35 bits per heavy atom. The molecule has 2 aromatic heterocycles. The highest BCUT2D eigenvalue weighted by atomic mass is 32.2. The van der Waals surface area contributed by atoms with Crippen LogP contribution in [-0.2, 0) is 13.0 Å². The number of nitrogens with two attached hydrogens (primary N) is 1. The topological polar surface area (TPSA) is 102 Å². The molecule has 0 saturated carbocycles. The Morgan fingerprint density at radius 2 is 2.10 bits per heavy atom. The van der Waals surface area contributed by atoms with E-state index in [0.29, 0.717) is 29.8 Å². The second kappa shape index (κ2) is 6.08. The van der Waals surface area contributed by atoms with E-state index in [1.165, 1.54) is 11.8 Å². The number of aromatic amines is 1. The summed E-state index contributed by atoms with van der Waals surface area (Å²) >= 11 is 1.33. The quantitative estimate of drug-likeness (QED) is 0.807. The van der Waals surface area contributed by atoms with Crippen molar-refractivity contribution in [1.29, 1.82) is 0 Å². The fraction of sp³-hybridized carbons (Fsp3) is 0.500. The molecule has 7 nitrogen and oxygen atoms in total. The summed E-state index contributed by atoms with van der Waals surface area (Å²) in [5, 5.41) is 7.85. The number of anilines is 1. The van der Waals surface area contributed by atoms with E-state index in [2.05, 4.69) is 20.2 Å². The van der Waals surface area contributed by atoms with Crippen molar-refractivity contribution in [2.75, 3.05) is 5.73 Å². The number of rotatable bonds is 5. The van der Waals surface area contributed by atoms with E-state index in [1.807, 2.05) is 20.8 Å². The summed E-state index contributed by atoms with van der Waals surface area (Å²) in [4.78, 5) is 20.3. The van der Waals surface area contributed by atoms with Crippen molar-refractivity contribution < 1.29 is 0 Å². The summed E-state index contributed by atoms with van der Waals surface area (Å²) in [6.07, 6.45) is 1.57. The maximum atomic E-state index is 11.7. The summed E-state index contributed by atoms with van der Waals surface area (Å²) in [7, 11) is 0. The average molecular weight is 294 g/mol. The molecule has 0 saturated heterocycles. The van der Waals surface area contributed by atoms with Gasteiger partial charge in [0.25, 0.3) is 0 Å². The lowest BCUT2D eigenvalue weighted by molar-refractivity contribution is 0.603. The lowest BCUT2D eigenvalue weighted by Crippen LogP contribution is -2.17. The predicted molar refractivity (Wildman–Crippen MR) is 77.8 cm³/mol. The Balaban J connectivity index is 2.39. The number of aromatic nitrogens is 5. The van der Waals surface area contributed by atoms with Crippen molar-refractivity contribution in [3.63, 3.8) is 0 Å². The zero-order chi connectivity index (χ0) is 14.7. The van der Waals surface area contributed by atoms with Crippen LogP contribution in [0.1, 0.15) is 31.7 Å². The van der Waals surface area contributed by atoms with E-state index in [4.69, 9.17) is 5.73 Å². The molecule has 8 heteroatoms. The van der Waals surface area contributed by atoms with Gasteiger partial charge in [0.15, 0.2) is 5.16 Å². The van der Waals surface area contributed by atoms with Gasteiger partial charge in [-0.1, -0.05) is 13.8 Å². The molecule has 0 aliphatic carbocycles. The maximum absolute atomic E-state index is 11.7. The highest BCUT2D eigenvalue weighted by Crippen LogP contribution is 2.28. The van der Waals surface area contributed by atoms with E-state index in [1.54, 1.807) is 4.57 Å². The molecule has 0 bridgehead atoms. The molecule has 2 heterocycles. The molecule has 108 valence electrons. The summed E-state index contributed by atoms with van der Waals surface area (Å²) in [5.41, 5.74) is 6.50. The average Bonchev–Trinajstić information content (AvgIpc) is 2.77.